The molecule has 0 radical (unpaired) electrons. The van der Waals surface area contributed by atoms with Crippen LogP contribution < -0.4 is 5.73 Å². The van der Waals surface area contributed by atoms with Crippen molar-refractivity contribution < 1.29 is 0 Å². The maximum atomic E-state index is 6.13. The topological polar surface area (TPSA) is 56.7 Å². The highest BCUT2D eigenvalue weighted by Crippen LogP contribution is 2.22. The van der Waals surface area contributed by atoms with Gasteiger partial charge in [-0.3, -0.25) is 9.67 Å². The van der Waals surface area contributed by atoms with E-state index in [0.717, 1.165) is 23.0 Å². The molecule has 0 saturated carbocycles. The van der Waals surface area contributed by atoms with Crippen LogP contribution in [0.4, 0.5) is 0 Å². The summed E-state index contributed by atoms with van der Waals surface area (Å²) in [6, 6.07) is 3.80. The number of nitrogens with zero attached hydrogens (tertiary/aromatic N) is 3. The van der Waals surface area contributed by atoms with E-state index in [1.54, 1.807) is 10.9 Å². The average Bonchev–Trinajstić information content (AvgIpc) is 2.73. The lowest BCUT2D eigenvalue weighted by molar-refractivity contribution is 0.630. The van der Waals surface area contributed by atoms with E-state index in [4.69, 9.17) is 5.73 Å². The van der Waals surface area contributed by atoms with E-state index in [-0.39, 0.29) is 6.04 Å². The van der Waals surface area contributed by atoms with Gasteiger partial charge in [-0.2, -0.15) is 5.10 Å². The molecule has 0 aliphatic carbocycles. The molecule has 0 aliphatic rings. The van der Waals surface area contributed by atoms with Crippen molar-refractivity contribution in [2.45, 2.75) is 18.9 Å². The summed E-state index contributed by atoms with van der Waals surface area (Å²) in [5.41, 5.74) is 8.25. The fourth-order valence-electron chi connectivity index (χ4n) is 1.73. The second-order valence-electron chi connectivity index (χ2n) is 4.04. The van der Waals surface area contributed by atoms with Gasteiger partial charge in [-0.05, 0) is 46.5 Å². The van der Waals surface area contributed by atoms with E-state index in [1.807, 2.05) is 31.6 Å². The number of pyridine rings is 1. The van der Waals surface area contributed by atoms with Gasteiger partial charge in [-0.25, -0.2) is 0 Å². The van der Waals surface area contributed by atoms with Gasteiger partial charge in [0.05, 0.1) is 11.9 Å². The van der Waals surface area contributed by atoms with Gasteiger partial charge >= 0.3 is 0 Å². The van der Waals surface area contributed by atoms with Crippen molar-refractivity contribution >= 4 is 15.9 Å². The molecule has 0 amide bonds. The fraction of sp³-hybridized carbons (Fsp3) is 0.333. The number of nitrogens with two attached hydrogens (primary N) is 1. The molecule has 1 unspecified atom stereocenters. The number of hydrogen-bond donors (Lipinski definition) is 1. The molecule has 2 aromatic heterocycles. The Morgan fingerprint density at radius 1 is 1.53 bits per heavy atom. The van der Waals surface area contributed by atoms with Crippen LogP contribution in [0.25, 0.3) is 0 Å². The summed E-state index contributed by atoms with van der Waals surface area (Å²) >= 11 is 3.47. The first-order valence-electron chi connectivity index (χ1n) is 5.50. The van der Waals surface area contributed by atoms with Crippen LogP contribution in [0.5, 0.6) is 0 Å². The number of aromatic nitrogens is 3. The summed E-state index contributed by atoms with van der Waals surface area (Å²) in [4.78, 5) is 4.30. The van der Waals surface area contributed by atoms with E-state index >= 15 is 0 Å². The summed E-state index contributed by atoms with van der Waals surface area (Å²) in [6.07, 6.45) is 7.43. The molecule has 17 heavy (non-hydrogen) atoms. The van der Waals surface area contributed by atoms with Crippen molar-refractivity contribution in [1.29, 1.82) is 0 Å². The van der Waals surface area contributed by atoms with E-state index < -0.39 is 0 Å². The van der Waals surface area contributed by atoms with Crippen LogP contribution in [0.3, 0.4) is 0 Å². The Bertz CT molecular complexity index is 495. The minimum atomic E-state index is -0.0502. The molecule has 0 bridgehead atoms. The Kier molecular flexibility index (Phi) is 3.91. The Morgan fingerprint density at radius 2 is 2.35 bits per heavy atom. The second-order valence-corrected chi connectivity index (χ2v) is 4.89. The minimum absolute atomic E-state index is 0.0502. The highest BCUT2D eigenvalue weighted by molar-refractivity contribution is 9.10. The Balaban J connectivity index is 1.98. The average molecular weight is 295 g/mol. The maximum Gasteiger partial charge on any atom is 0.0712 e. The Labute approximate surface area is 109 Å². The summed E-state index contributed by atoms with van der Waals surface area (Å²) in [5, 5.41) is 4.14. The van der Waals surface area contributed by atoms with Crippen molar-refractivity contribution in [2.24, 2.45) is 12.8 Å². The predicted molar refractivity (Wildman–Crippen MR) is 70.4 cm³/mol. The van der Waals surface area contributed by atoms with Crippen molar-refractivity contribution in [1.82, 2.24) is 14.8 Å². The van der Waals surface area contributed by atoms with Crippen molar-refractivity contribution in [3.8, 4) is 0 Å². The van der Waals surface area contributed by atoms with Gasteiger partial charge in [0, 0.05) is 30.0 Å². The third-order valence-electron chi connectivity index (χ3n) is 2.64. The van der Waals surface area contributed by atoms with Gasteiger partial charge in [-0.15, -0.1) is 0 Å². The molecule has 0 saturated heterocycles. The zero-order valence-electron chi connectivity index (χ0n) is 9.68. The largest absolute Gasteiger partial charge is 0.323 e. The molecule has 0 aliphatic heterocycles. The van der Waals surface area contributed by atoms with Gasteiger partial charge in [0.15, 0.2) is 0 Å². The molecular weight excluding hydrogens is 280 g/mol. The van der Waals surface area contributed by atoms with Crippen molar-refractivity contribution in [3.05, 3.63) is 46.5 Å². The molecule has 2 aromatic rings. The maximum absolute atomic E-state index is 6.13. The third kappa shape index (κ3) is 3.14. The summed E-state index contributed by atoms with van der Waals surface area (Å²) < 4.78 is 2.77. The van der Waals surface area contributed by atoms with Gasteiger partial charge in [-0.1, -0.05) is 0 Å². The standard InChI is InChI=1S/C12H15BrN4/c1-17-8-9(7-16-17)4-5-11(14)12-10(13)3-2-6-15-12/h2-3,6-8,11H,4-5,14H2,1H3. The Morgan fingerprint density at radius 3 is 3.00 bits per heavy atom. The van der Waals surface area contributed by atoms with Crippen LogP contribution in [0.2, 0.25) is 0 Å². The molecule has 5 heteroatoms. The second kappa shape index (κ2) is 5.42. The lowest BCUT2D eigenvalue weighted by Crippen LogP contribution is -2.13. The van der Waals surface area contributed by atoms with Crippen molar-refractivity contribution in [3.63, 3.8) is 0 Å². The highest BCUT2D eigenvalue weighted by Gasteiger charge is 2.11. The first kappa shape index (κ1) is 12.3. The molecule has 1 atom stereocenters. The van der Waals surface area contributed by atoms with Gasteiger partial charge < -0.3 is 5.73 Å². The fourth-order valence-corrected chi connectivity index (χ4v) is 2.28. The van der Waals surface area contributed by atoms with Gasteiger partial charge in [0.1, 0.15) is 0 Å². The monoisotopic (exact) mass is 294 g/mol. The molecular formula is C12H15BrN4. The molecule has 2 N–H and O–H groups in total. The molecule has 4 nitrogen and oxygen atoms in total. The van der Waals surface area contributed by atoms with E-state index in [2.05, 4.69) is 26.0 Å². The number of hydrogen-bond acceptors (Lipinski definition) is 3. The van der Waals surface area contributed by atoms with Gasteiger partial charge in [0.2, 0.25) is 0 Å². The lowest BCUT2D eigenvalue weighted by atomic mass is 10.1. The summed E-state index contributed by atoms with van der Waals surface area (Å²) in [7, 11) is 1.92. The predicted octanol–water partition coefficient (Wildman–Crippen LogP) is 2.21. The van der Waals surface area contributed by atoms with Crippen LogP contribution in [-0.2, 0) is 13.5 Å². The van der Waals surface area contributed by atoms with E-state index in [9.17, 15) is 0 Å². The van der Waals surface area contributed by atoms with Crippen LogP contribution in [-0.4, -0.2) is 14.8 Å². The van der Waals surface area contributed by atoms with E-state index in [1.165, 1.54) is 5.56 Å². The zero-order chi connectivity index (χ0) is 12.3. The molecule has 0 aromatic carbocycles. The number of rotatable bonds is 4. The normalized spacial score (nSPS) is 12.6. The van der Waals surface area contributed by atoms with Crippen molar-refractivity contribution in [2.75, 3.05) is 0 Å². The minimum Gasteiger partial charge on any atom is -0.323 e. The van der Waals surface area contributed by atoms with Crippen LogP contribution in [0.1, 0.15) is 23.7 Å². The third-order valence-corrected chi connectivity index (χ3v) is 3.31. The first-order valence-corrected chi connectivity index (χ1v) is 6.29. The summed E-state index contributed by atoms with van der Waals surface area (Å²) in [5.74, 6) is 0. The molecule has 0 spiro atoms. The molecule has 2 rings (SSSR count). The number of halogens is 1. The zero-order valence-corrected chi connectivity index (χ0v) is 11.3. The SMILES string of the molecule is Cn1cc(CCC(N)c2ncccc2Br)cn1. The number of aryl methyl sites for hydroxylation is 2. The van der Waals surface area contributed by atoms with Gasteiger partial charge in [0.25, 0.3) is 0 Å². The first-order chi connectivity index (χ1) is 8.16. The lowest BCUT2D eigenvalue weighted by Gasteiger charge is -2.11. The van der Waals surface area contributed by atoms with Crippen LogP contribution >= 0.6 is 15.9 Å². The van der Waals surface area contributed by atoms with E-state index in [0.29, 0.717) is 0 Å². The van der Waals surface area contributed by atoms with Crippen LogP contribution in [0, 0.1) is 0 Å². The van der Waals surface area contributed by atoms with Crippen LogP contribution in [0.15, 0.2) is 35.2 Å². The quantitative estimate of drug-likeness (QED) is 0.941. The Hall–Kier alpha value is -1.20. The highest BCUT2D eigenvalue weighted by atomic mass is 79.9. The molecule has 90 valence electrons. The smallest absolute Gasteiger partial charge is 0.0712 e. The molecule has 0 fully saturated rings. The summed E-state index contributed by atoms with van der Waals surface area (Å²) in [6.45, 7) is 0. The molecule has 2 heterocycles.